The van der Waals surface area contributed by atoms with Crippen LogP contribution >= 0.6 is 0 Å². The van der Waals surface area contributed by atoms with Crippen molar-refractivity contribution >= 4 is 5.97 Å². The molecule has 15 heavy (non-hydrogen) atoms. The first kappa shape index (κ1) is 14.3. The summed E-state index contributed by atoms with van der Waals surface area (Å²) in [6.45, 7) is 6.91. The van der Waals surface area contributed by atoms with Crippen LogP contribution in [0.3, 0.4) is 0 Å². The average molecular weight is 224 g/mol. The Kier molecular flexibility index (Phi) is 5.14. The predicted molar refractivity (Wildman–Crippen MR) is 51.6 cm³/mol. The van der Waals surface area contributed by atoms with Crippen LogP contribution in [0.2, 0.25) is 0 Å². The number of rotatable bonds is 5. The van der Waals surface area contributed by atoms with Gasteiger partial charge in [0.15, 0.2) is 0 Å². The molecule has 90 valence electrons. The molecule has 0 aromatic heterocycles. The number of hydrogen-bond acceptors (Lipinski definition) is 3. The van der Waals surface area contributed by atoms with Gasteiger partial charge in [-0.25, -0.2) is 4.79 Å². The molecule has 0 fully saturated rings. The van der Waals surface area contributed by atoms with Crippen molar-refractivity contribution in [2.24, 2.45) is 5.41 Å². The topological polar surface area (TPSA) is 35.5 Å². The molecule has 0 bridgehead atoms. The van der Waals surface area contributed by atoms with Gasteiger partial charge >= 0.3 is 12.1 Å². The lowest BCUT2D eigenvalue weighted by atomic mass is 9.93. The average Bonchev–Trinajstić information content (AvgIpc) is 2.01. The molecule has 0 aliphatic carbocycles. The van der Waals surface area contributed by atoms with E-state index in [2.05, 4.69) is 9.47 Å². The summed E-state index contributed by atoms with van der Waals surface area (Å²) in [5, 5.41) is 0. The van der Waals surface area contributed by atoms with Gasteiger partial charge in [-0.15, -0.1) is 0 Å². The van der Waals surface area contributed by atoms with Gasteiger partial charge in [0, 0.05) is 0 Å². The maximum atomic E-state index is 12.9. The van der Waals surface area contributed by atoms with Crippen molar-refractivity contribution in [2.45, 2.75) is 40.2 Å². The van der Waals surface area contributed by atoms with E-state index in [1.165, 1.54) is 6.92 Å². The van der Waals surface area contributed by atoms with Gasteiger partial charge in [0.25, 0.3) is 0 Å². The monoisotopic (exact) mass is 224 g/mol. The van der Waals surface area contributed by atoms with Crippen molar-refractivity contribution in [2.75, 3.05) is 13.2 Å². The Hall–Kier alpha value is -0.710. The Bertz CT molecular complexity index is 209. The molecule has 0 spiro atoms. The van der Waals surface area contributed by atoms with Crippen LogP contribution in [-0.4, -0.2) is 25.3 Å². The van der Waals surface area contributed by atoms with E-state index in [-0.39, 0.29) is 18.6 Å². The third-order valence-corrected chi connectivity index (χ3v) is 1.65. The summed E-state index contributed by atoms with van der Waals surface area (Å²) in [6, 6.07) is 0. The number of carbonyl (C=O) groups excluding carboxylic acids is 1. The maximum absolute atomic E-state index is 12.9. The zero-order valence-electron chi connectivity index (χ0n) is 9.60. The van der Waals surface area contributed by atoms with E-state index in [0.29, 0.717) is 6.42 Å². The number of hydrogen-bond donors (Lipinski definition) is 0. The fourth-order valence-corrected chi connectivity index (χ4v) is 0.759. The first-order chi connectivity index (χ1) is 6.69. The number of alkyl halides is 2. The van der Waals surface area contributed by atoms with Crippen LogP contribution in [0.25, 0.3) is 0 Å². The third kappa shape index (κ3) is 6.38. The number of esters is 1. The minimum Gasteiger partial charge on any atom is -0.460 e. The molecule has 0 rings (SSSR count). The smallest absolute Gasteiger partial charge is 0.456 e. The molecule has 0 aromatic carbocycles. The van der Waals surface area contributed by atoms with E-state index in [1.54, 1.807) is 0 Å². The van der Waals surface area contributed by atoms with Gasteiger partial charge in [0.05, 0.1) is 13.2 Å². The Morgan fingerprint density at radius 1 is 1.27 bits per heavy atom. The normalized spacial score (nSPS) is 12.7. The number of halogens is 2. The molecule has 0 aliphatic rings. The summed E-state index contributed by atoms with van der Waals surface area (Å²) in [5.41, 5.74) is -0.106. The molecule has 3 nitrogen and oxygen atoms in total. The summed E-state index contributed by atoms with van der Waals surface area (Å²) < 4.78 is 34.2. The standard InChI is InChI=1S/C10H18F2O3/c1-5-14-8(13)10(11,12)15-7-6-9(2,3)4/h5-7H2,1-4H3. The van der Waals surface area contributed by atoms with Gasteiger partial charge in [0.1, 0.15) is 0 Å². The molecule has 0 atom stereocenters. The Labute approximate surface area is 88.7 Å². The zero-order valence-corrected chi connectivity index (χ0v) is 9.60. The second kappa shape index (κ2) is 5.39. The van der Waals surface area contributed by atoms with E-state index in [4.69, 9.17) is 0 Å². The molecule has 5 heteroatoms. The number of carbonyl (C=O) groups is 1. The predicted octanol–water partition coefficient (Wildman–Crippen LogP) is 2.60. The van der Waals surface area contributed by atoms with Gasteiger partial charge in [-0.3, -0.25) is 0 Å². The molecule has 0 N–H and O–H groups in total. The van der Waals surface area contributed by atoms with Crippen LogP contribution in [0.1, 0.15) is 34.1 Å². The van der Waals surface area contributed by atoms with E-state index >= 15 is 0 Å². The maximum Gasteiger partial charge on any atom is 0.456 e. The highest BCUT2D eigenvalue weighted by molar-refractivity contribution is 5.75. The van der Waals surface area contributed by atoms with Crippen molar-refractivity contribution in [1.29, 1.82) is 0 Å². The lowest BCUT2D eigenvalue weighted by Crippen LogP contribution is -2.34. The first-order valence-corrected chi connectivity index (χ1v) is 4.88. The van der Waals surface area contributed by atoms with E-state index in [1.807, 2.05) is 20.8 Å². The SMILES string of the molecule is CCOC(=O)C(F)(F)OCCC(C)(C)C. The van der Waals surface area contributed by atoms with Gasteiger partial charge in [-0.05, 0) is 18.8 Å². The molecule has 0 radical (unpaired) electrons. The van der Waals surface area contributed by atoms with Crippen LogP contribution < -0.4 is 0 Å². The zero-order chi connectivity index (χ0) is 12.1. The van der Waals surface area contributed by atoms with Crippen molar-refractivity contribution in [3.63, 3.8) is 0 Å². The fraction of sp³-hybridized carbons (Fsp3) is 0.900. The Balaban J connectivity index is 3.99. The molecule has 0 amide bonds. The summed E-state index contributed by atoms with van der Waals surface area (Å²) in [7, 11) is 0. The van der Waals surface area contributed by atoms with E-state index in [0.717, 1.165) is 0 Å². The first-order valence-electron chi connectivity index (χ1n) is 4.88. The quantitative estimate of drug-likeness (QED) is 0.673. The highest BCUT2D eigenvalue weighted by Gasteiger charge is 2.42. The fourth-order valence-electron chi connectivity index (χ4n) is 0.759. The molecule has 0 heterocycles. The van der Waals surface area contributed by atoms with Gasteiger partial charge in [-0.1, -0.05) is 20.8 Å². The molecule has 0 unspecified atom stereocenters. The highest BCUT2D eigenvalue weighted by Crippen LogP contribution is 2.22. The highest BCUT2D eigenvalue weighted by atomic mass is 19.3. The van der Waals surface area contributed by atoms with Crippen molar-refractivity contribution < 1.29 is 23.0 Å². The summed E-state index contributed by atoms with van der Waals surface area (Å²) in [4.78, 5) is 10.7. The van der Waals surface area contributed by atoms with Gasteiger partial charge in [0.2, 0.25) is 0 Å². The van der Waals surface area contributed by atoms with Gasteiger partial charge in [-0.2, -0.15) is 8.78 Å². The van der Waals surface area contributed by atoms with Gasteiger partial charge < -0.3 is 9.47 Å². The molecule has 0 aliphatic heterocycles. The minimum absolute atomic E-state index is 0.0863. The van der Waals surface area contributed by atoms with E-state index in [9.17, 15) is 13.6 Å². The summed E-state index contributed by atoms with van der Waals surface area (Å²) >= 11 is 0. The second-order valence-electron chi connectivity index (χ2n) is 4.40. The van der Waals surface area contributed by atoms with Crippen molar-refractivity contribution in [3.8, 4) is 0 Å². The number of ether oxygens (including phenoxy) is 2. The molecule has 0 aromatic rings. The lowest BCUT2D eigenvalue weighted by molar-refractivity contribution is -0.251. The Morgan fingerprint density at radius 3 is 2.20 bits per heavy atom. The van der Waals surface area contributed by atoms with Crippen molar-refractivity contribution in [1.82, 2.24) is 0 Å². The Morgan fingerprint density at radius 2 is 1.80 bits per heavy atom. The lowest BCUT2D eigenvalue weighted by Gasteiger charge is -2.20. The molecule has 0 saturated heterocycles. The molecular formula is C10H18F2O3. The van der Waals surface area contributed by atoms with Crippen LogP contribution in [-0.2, 0) is 14.3 Å². The summed E-state index contributed by atoms with van der Waals surface area (Å²) in [6.07, 6.45) is -3.39. The largest absolute Gasteiger partial charge is 0.460 e. The molecular weight excluding hydrogens is 206 g/mol. The van der Waals surface area contributed by atoms with Crippen LogP contribution in [0.4, 0.5) is 8.78 Å². The summed E-state index contributed by atoms with van der Waals surface area (Å²) in [5.74, 6) is -1.63. The van der Waals surface area contributed by atoms with Crippen LogP contribution in [0.15, 0.2) is 0 Å². The van der Waals surface area contributed by atoms with Crippen molar-refractivity contribution in [3.05, 3.63) is 0 Å². The van der Waals surface area contributed by atoms with Crippen LogP contribution in [0.5, 0.6) is 0 Å². The van der Waals surface area contributed by atoms with E-state index < -0.39 is 12.1 Å². The second-order valence-corrected chi connectivity index (χ2v) is 4.40. The third-order valence-electron chi connectivity index (χ3n) is 1.65. The minimum atomic E-state index is -3.83. The van der Waals surface area contributed by atoms with Crippen LogP contribution in [0, 0.1) is 5.41 Å². The molecule has 0 saturated carbocycles.